The van der Waals surface area contributed by atoms with E-state index in [9.17, 15) is 0 Å². The summed E-state index contributed by atoms with van der Waals surface area (Å²) < 4.78 is 2.06. The molecule has 0 amide bonds. The highest BCUT2D eigenvalue weighted by Crippen LogP contribution is 2.32. The van der Waals surface area contributed by atoms with Gasteiger partial charge in [0.15, 0.2) is 0 Å². The molecule has 0 unspecified atom stereocenters. The van der Waals surface area contributed by atoms with E-state index in [1.165, 1.54) is 16.0 Å². The third-order valence-electron chi connectivity index (χ3n) is 3.32. The van der Waals surface area contributed by atoms with E-state index in [1.54, 1.807) is 11.8 Å². The molecule has 0 fully saturated rings. The van der Waals surface area contributed by atoms with Gasteiger partial charge in [-0.2, -0.15) is 0 Å². The Labute approximate surface area is 122 Å². The van der Waals surface area contributed by atoms with Crippen molar-refractivity contribution in [3.8, 4) is 0 Å². The summed E-state index contributed by atoms with van der Waals surface area (Å²) in [5.41, 5.74) is 10.5. The van der Waals surface area contributed by atoms with Gasteiger partial charge < -0.3 is 10.1 Å². The molecule has 0 bridgehead atoms. The number of aromatic nitrogens is 2. The molecule has 3 rings (SSSR count). The van der Waals surface area contributed by atoms with Gasteiger partial charge in [0.1, 0.15) is 10.7 Å². The summed E-state index contributed by atoms with van der Waals surface area (Å²) in [7, 11) is 0. The molecule has 3 aromatic rings. The standard InChI is InChI=1S/C16H17N3S/c1-11-6-7-14(12(2)9-11)20-16-13(10-17)19-8-4-3-5-15(19)18-16/h3-9H,10,17H2,1-2H3. The summed E-state index contributed by atoms with van der Waals surface area (Å²) in [4.78, 5) is 5.92. The van der Waals surface area contributed by atoms with Crippen LogP contribution in [0.1, 0.15) is 16.8 Å². The number of benzene rings is 1. The smallest absolute Gasteiger partial charge is 0.138 e. The fraction of sp³-hybridized carbons (Fsp3) is 0.188. The van der Waals surface area contributed by atoms with Crippen molar-refractivity contribution in [3.63, 3.8) is 0 Å². The van der Waals surface area contributed by atoms with Crippen LogP contribution in [0.2, 0.25) is 0 Å². The lowest BCUT2D eigenvalue weighted by Crippen LogP contribution is -2.01. The Bertz CT molecular complexity index is 762. The topological polar surface area (TPSA) is 43.3 Å². The van der Waals surface area contributed by atoms with Gasteiger partial charge in [0.05, 0.1) is 5.69 Å². The van der Waals surface area contributed by atoms with Gasteiger partial charge in [-0.25, -0.2) is 4.98 Å². The number of hydrogen-bond donors (Lipinski definition) is 1. The van der Waals surface area contributed by atoms with E-state index in [0.717, 1.165) is 16.4 Å². The van der Waals surface area contributed by atoms with E-state index in [1.807, 2.05) is 24.4 Å². The molecule has 20 heavy (non-hydrogen) atoms. The van der Waals surface area contributed by atoms with Crippen molar-refractivity contribution >= 4 is 17.4 Å². The fourth-order valence-electron chi connectivity index (χ4n) is 2.31. The molecule has 0 aliphatic carbocycles. The van der Waals surface area contributed by atoms with Gasteiger partial charge in [-0.3, -0.25) is 0 Å². The second kappa shape index (κ2) is 5.31. The Morgan fingerprint density at radius 1 is 1.20 bits per heavy atom. The van der Waals surface area contributed by atoms with Gasteiger partial charge in [-0.1, -0.05) is 35.5 Å². The SMILES string of the molecule is Cc1ccc(Sc2nc3ccccn3c2CN)c(C)c1. The van der Waals surface area contributed by atoms with Gasteiger partial charge >= 0.3 is 0 Å². The minimum absolute atomic E-state index is 0.485. The van der Waals surface area contributed by atoms with Gasteiger partial charge in [0, 0.05) is 17.6 Å². The Balaban J connectivity index is 2.06. The molecule has 102 valence electrons. The second-order valence-corrected chi connectivity index (χ2v) is 5.90. The van der Waals surface area contributed by atoms with E-state index in [2.05, 4.69) is 41.4 Å². The van der Waals surface area contributed by atoms with Crippen LogP contribution < -0.4 is 5.73 Å². The van der Waals surface area contributed by atoms with Crippen molar-refractivity contribution in [2.24, 2.45) is 5.73 Å². The third kappa shape index (κ3) is 2.32. The average molecular weight is 283 g/mol. The lowest BCUT2D eigenvalue weighted by Gasteiger charge is -2.06. The summed E-state index contributed by atoms with van der Waals surface area (Å²) in [6, 6.07) is 12.5. The maximum Gasteiger partial charge on any atom is 0.138 e. The third-order valence-corrected chi connectivity index (χ3v) is 4.52. The number of hydrogen-bond acceptors (Lipinski definition) is 3. The van der Waals surface area contributed by atoms with Crippen LogP contribution in [0.25, 0.3) is 5.65 Å². The second-order valence-electron chi connectivity index (χ2n) is 4.87. The highest BCUT2D eigenvalue weighted by Gasteiger charge is 2.12. The number of nitrogens with zero attached hydrogens (tertiary/aromatic N) is 2. The van der Waals surface area contributed by atoms with E-state index in [4.69, 9.17) is 5.73 Å². The van der Waals surface area contributed by atoms with Crippen LogP contribution in [0.4, 0.5) is 0 Å². The Morgan fingerprint density at radius 2 is 2.05 bits per heavy atom. The number of nitrogens with two attached hydrogens (primary N) is 1. The zero-order valence-electron chi connectivity index (χ0n) is 11.6. The molecule has 2 N–H and O–H groups in total. The van der Waals surface area contributed by atoms with Crippen molar-refractivity contribution in [3.05, 3.63) is 59.4 Å². The van der Waals surface area contributed by atoms with Crippen LogP contribution in [0.3, 0.4) is 0 Å². The summed E-state index contributed by atoms with van der Waals surface area (Å²) in [6.45, 7) is 4.73. The number of fused-ring (bicyclic) bond motifs is 1. The first-order valence-corrected chi connectivity index (χ1v) is 7.42. The Kier molecular flexibility index (Phi) is 3.51. The first-order valence-electron chi connectivity index (χ1n) is 6.60. The summed E-state index contributed by atoms with van der Waals surface area (Å²) in [6.07, 6.45) is 2.01. The zero-order valence-corrected chi connectivity index (χ0v) is 12.4. The van der Waals surface area contributed by atoms with E-state index >= 15 is 0 Å². The lowest BCUT2D eigenvalue weighted by molar-refractivity contribution is 0.920. The molecular formula is C16H17N3S. The molecule has 2 aromatic heterocycles. The molecule has 0 saturated carbocycles. The molecule has 3 nitrogen and oxygen atoms in total. The minimum atomic E-state index is 0.485. The van der Waals surface area contributed by atoms with E-state index in [-0.39, 0.29) is 0 Å². The van der Waals surface area contributed by atoms with Crippen molar-refractivity contribution in [1.82, 2.24) is 9.38 Å². The molecule has 4 heteroatoms. The minimum Gasteiger partial charge on any atom is -0.325 e. The van der Waals surface area contributed by atoms with Crippen LogP contribution >= 0.6 is 11.8 Å². The first kappa shape index (κ1) is 13.2. The van der Waals surface area contributed by atoms with Crippen molar-refractivity contribution in [1.29, 1.82) is 0 Å². The van der Waals surface area contributed by atoms with Crippen LogP contribution in [0.15, 0.2) is 52.5 Å². The number of rotatable bonds is 3. The predicted octanol–water partition coefficient (Wildman–Crippen LogP) is 3.56. The summed E-state index contributed by atoms with van der Waals surface area (Å²) in [5.74, 6) is 0. The lowest BCUT2D eigenvalue weighted by atomic mass is 10.2. The zero-order chi connectivity index (χ0) is 14.1. The maximum absolute atomic E-state index is 5.90. The molecule has 0 spiro atoms. The largest absolute Gasteiger partial charge is 0.325 e. The van der Waals surface area contributed by atoms with E-state index < -0.39 is 0 Å². The molecular weight excluding hydrogens is 266 g/mol. The van der Waals surface area contributed by atoms with Gasteiger partial charge in [0.25, 0.3) is 0 Å². The predicted molar refractivity (Wildman–Crippen MR) is 83.1 cm³/mol. The normalized spacial score (nSPS) is 11.2. The van der Waals surface area contributed by atoms with Gasteiger partial charge in [-0.15, -0.1) is 0 Å². The summed E-state index contributed by atoms with van der Waals surface area (Å²) in [5, 5.41) is 0.991. The number of imidazole rings is 1. The Morgan fingerprint density at radius 3 is 2.80 bits per heavy atom. The molecule has 0 aliphatic heterocycles. The van der Waals surface area contributed by atoms with Crippen LogP contribution in [0.5, 0.6) is 0 Å². The van der Waals surface area contributed by atoms with Gasteiger partial charge in [-0.05, 0) is 37.6 Å². The quantitative estimate of drug-likeness (QED) is 0.799. The van der Waals surface area contributed by atoms with Gasteiger partial charge in [0.2, 0.25) is 0 Å². The van der Waals surface area contributed by atoms with Crippen LogP contribution in [0, 0.1) is 13.8 Å². The molecule has 1 aromatic carbocycles. The summed E-state index contributed by atoms with van der Waals surface area (Å²) >= 11 is 1.69. The average Bonchev–Trinajstić information content (AvgIpc) is 2.79. The van der Waals surface area contributed by atoms with Crippen molar-refractivity contribution < 1.29 is 0 Å². The highest BCUT2D eigenvalue weighted by molar-refractivity contribution is 7.99. The Hall–Kier alpha value is -1.78. The van der Waals surface area contributed by atoms with Crippen LogP contribution in [-0.4, -0.2) is 9.38 Å². The maximum atomic E-state index is 5.90. The fourth-order valence-corrected chi connectivity index (χ4v) is 3.31. The molecule has 0 radical (unpaired) electrons. The van der Waals surface area contributed by atoms with Crippen LogP contribution in [-0.2, 0) is 6.54 Å². The number of aryl methyl sites for hydroxylation is 2. The molecule has 0 aliphatic rings. The van der Waals surface area contributed by atoms with E-state index in [0.29, 0.717) is 6.54 Å². The molecule has 0 atom stereocenters. The monoisotopic (exact) mass is 283 g/mol. The number of pyridine rings is 1. The highest BCUT2D eigenvalue weighted by atomic mass is 32.2. The first-order chi connectivity index (χ1) is 9.69. The van der Waals surface area contributed by atoms with Crippen molar-refractivity contribution in [2.75, 3.05) is 0 Å². The van der Waals surface area contributed by atoms with Crippen molar-refractivity contribution in [2.45, 2.75) is 30.3 Å². The molecule has 2 heterocycles. The molecule has 0 saturated heterocycles.